The lowest BCUT2D eigenvalue weighted by Gasteiger charge is -2.06. The van der Waals surface area contributed by atoms with Gasteiger partial charge in [0, 0.05) is 5.38 Å². The van der Waals surface area contributed by atoms with Crippen LogP contribution in [0.25, 0.3) is 10.7 Å². The summed E-state index contributed by atoms with van der Waals surface area (Å²) < 4.78 is 0.942. The van der Waals surface area contributed by atoms with Crippen molar-refractivity contribution in [2.75, 3.05) is 0 Å². The summed E-state index contributed by atoms with van der Waals surface area (Å²) in [7, 11) is 0. The number of hydrogen-bond donors (Lipinski definition) is 0. The van der Waals surface area contributed by atoms with Crippen LogP contribution in [0.2, 0.25) is 10.2 Å². The Kier molecular flexibility index (Phi) is 4.63. The van der Waals surface area contributed by atoms with Gasteiger partial charge in [-0.15, -0.1) is 11.3 Å². The van der Waals surface area contributed by atoms with Crippen LogP contribution in [0.3, 0.4) is 0 Å². The van der Waals surface area contributed by atoms with Gasteiger partial charge in [-0.25, -0.2) is 9.97 Å². The van der Waals surface area contributed by atoms with Crippen LogP contribution in [-0.4, -0.2) is 9.97 Å². The van der Waals surface area contributed by atoms with Gasteiger partial charge >= 0.3 is 0 Å². The van der Waals surface area contributed by atoms with Crippen LogP contribution in [0.15, 0.2) is 11.4 Å². The Labute approximate surface area is 128 Å². The minimum Gasteiger partial charge on any atom is -0.231 e. The van der Waals surface area contributed by atoms with Crippen LogP contribution in [0.5, 0.6) is 0 Å². The Morgan fingerprint density at radius 1 is 1.35 bits per heavy atom. The summed E-state index contributed by atoms with van der Waals surface area (Å²) in [6.07, 6.45) is 1.95. The second-order valence-electron chi connectivity index (χ2n) is 3.48. The van der Waals surface area contributed by atoms with Gasteiger partial charge in [0.1, 0.15) is 5.15 Å². The van der Waals surface area contributed by atoms with Crippen molar-refractivity contribution in [2.45, 2.75) is 19.8 Å². The Morgan fingerprint density at radius 3 is 2.71 bits per heavy atom. The maximum Gasteiger partial charge on any atom is 0.171 e. The molecule has 2 rings (SSSR count). The molecule has 0 saturated heterocycles. The van der Waals surface area contributed by atoms with Gasteiger partial charge in [0.15, 0.2) is 5.82 Å². The summed E-state index contributed by atoms with van der Waals surface area (Å²) in [5.41, 5.74) is 1.01. The van der Waals surface area contributed by atoms with Gasteiger partial charge in [0.05, 0.1) is 19.2 Å². The van der Waals surface area contributed by atoms with Crippen molar-refractivity contribution in [2.24, 2.45) is 0 Å². The first kappa shape index (κ1) is 13.5. The molecule has 0 fully saturated rings. The number of aromatic nitrogens is 2. The zero-order valence-corrected chi connectivity index (χ0v) is 13.5. The number of rotatable bonds is 3. The highest BCUT2D eigenvalue weighted by Gasteiger charge is 2.12. The van der Waals surface area contributed by atoms with Crippen LogP contribution in [-0.2, 0) is 6.42 Å². The van der Waals surface area contributed by atoms with E-state index in [0.29, 0.717) is 16.0 Å². The van der Waals surface area contributed by atoms with E-state index in [-0.39, 0.29) is 0 Å². The summed E-state index contributed by atoms with van der Waals surface area (Å²) in [5, 5.41) is 3.09. The predicted octanol–water partition coefficient (Wildman–Crippen LogP) is 5.07. The molecular weight excluding hydrogens is 390 g/mol. The highest BCUT2D eigenvalue weighted by Crippen LogP contribution is 2.30. The third-order valence-corrected chi connectivity index (χ3v) is 5.15. The number of aryl methyl sites for hydroxylation is 1. The van der Waals surface area contributed by atoms with Crippen LogP contribution < -0.4 is 0 Å². The van der Waals surface area contributed by atoms with Crippen molar-refractivity contribution in [1.82, 2.24) is 9.97 Å². The quantitative estimate of drug-likeness (QED) is 0.532. The summed E-state index contributed by atoms with van der Waals surface area (Å²) in [6, 6.07) is 1.86. The SMILES string of the molecule is CCCc1nc(-c2cc(Cl)cs2)nc(Cl)c1I. The minimum atomic E-state index is 0.517. The average Bonchev–Trinajstić information content (AvgIpc) is 2.71. The van der Waals surface area contributed by atoms with Crippen LogP contribution in [0.4, 0.5) is 0 Å². The number of halogens is 3. The molecular formula is C11H9Cl2IN2S. The molecule has 2 aromatic rings. The van der Waals surface area contributed by atoms with Crippen molar-refractivity contribution in [3.63, 3.8) is 0 Å². The summed E-state index contributed by atoms with van der Waals surface area (Å²) in [5.74, 6) is 0.663. The summed E-state index contributed by atoms with van der Waals surface area (Å²) >= 11 is 15.7. The summed E-state index contributed by atoms with van der Waals surface area (Å²) in [4.78, 5) is 9.80. The van der Waals surface area contributed by atoms with E-state index in [1.54, 1.807) is 0 Å². The van der Waals surface area contributed by atoms with Gasteiger partial charge in [-0.3, -0.25) is 0 Å². The normalized spacial score (nSPS) is 10.8. The van der Waals surface area contributed by atoms with Crippen molar-refractivity contribution < 1.29 is 0 Å². The lowest BCUT2D eigenvalue weighted by atomic mass is 10.2. The van der Waals surface area contributed by atoms with Gasteiger partial charge < -0.3 is 0 Å². The predicted molar refractivity (Wildman–Crippen MR) is 82.1 cm³/mol. The van der Waals surface area contributed by atoms with Crippen LogP contribution >= 0.6 is 57.1 Å². The molecule has 6 heteroatoms. The molecule has 0 saturated carbocycles. The molecule has 2 aromatic heterocycles. The zero-order valence-electron chi connectivity index (χ0n) is 9.01. The van der Waals surface area contributed by atoms with E-state index in [1.165, 1.54) is 11.3 Å². The number of hydrogen-bond acceptors (Lipinski definition) is 3. The van der Waals surface area contributed by atoms with E-state index >= 15 is 0 Å². The first-order chi connectivity index (χ1) is 8.11. The third-order valence-electron chi connectivity index (χ3n) is 2.15. The topological polar surface area (TPSA) is 25.8 Å². The molecule has 0 N–H and O–H groups in total. The molecule has 2 nitrogen and oxygen atoms in total. The fourth-order valence-corrected chi connectivity index (χ4v) is 3.11. The lowest BCUT2D eigenvalue weighted by molar-refractivity contribution is 0.868. The van der Waals surface area contributed by atoms with E-state index in [4.69, 9.17) is 23.2 Å². The molecule has 90 valence electrons. The number of nitrogens with zero attached hydrogens (tertiary/aromatic N) is 2. The molecule has 0 spiro atoms. The van der Waals surface area contributed by atoms with Gasteiger partial charge in [-0.2, -0.15) is 0 Å². The van der Waals surface area contributed by atoms with E-state index < -0.39 is 0 Å². The molecule has 0 aliphatic carbocycles. The van der Waals surface area contributed by atoms with Crippen molar-refractivity contribution in [1.29, 1.82) is 0 Å². The molecule has 2 heterocycles. The zero-order chi connectivity index (χ0) is 12.4. The van der Waals surface area contributed by atoms with E-state index in [0.717, 1.165) is 27.0 Å². The molecule has 0 aliphatic heterocycles. The average molecular weight is 399 g/mol. The Hall–Kier alpha value is 0.0900. The first-order valence-electron chi connectivity index (χ1n) is 5.08. The van der Waals surface area contributed by atoms with E-state index in [2.05, 4.69) is 39.5 Å². The maximum absolute atomic E-state index is 6.12. The fourth-order valence-electron chi connectivity index (χ4n) is 1.41. The Balaban J connectivity index is 2.48. The largest absolute Gasteiger partial charge is 0.231 e. The molecule has 17 heavy (non-hydrogen) atoms. The van der Waals surface area contributed by atoms with Crippen LogP contribution in [0.1, 0.15) is 19.0 Å². The number of thiophene rings is 1. The molecule has 0 bridgehead atoms. The van der Waals surface area contributed by atoms with Gasteiger partial charge in [-0.1, -0.05) is 36.5 Å². The molecule has 0 amide bonds. The van der Waals surface area contributed by atoms with Gasteiger partial charge in [0.25, 0.3) is 0 Å². The van der Waals surface area contributed by atoms with Crippen LogP contribution in [0, 0.1) is 3.57 Å². The highest BCUT2D eigenvalue weighted by atomic mass is 127. The monoisotopic (exact) mass is 398 g/mol. The highest BCUT2D eigenvalue weighted by molar-refractivity contribution is 14.1. The molecule has 0 unspecified atom stereocenters. The van der Waals surface area contributed by atoms with Gasteiger partial charge in [0.2, 0.25) is 0 Å². The second-order valence-corrected chi connectivity index (χ2v) is 6.26. The molecule has 0 radical (unpaired) electrons. The Morgan fingerprint density at radius 2 is 2.12 bits per heavy atom. The molecule has 0 aliphatic rings. The van der Waals surface area contributed by atoms with E-state index in [1.807, 2.05) is 11.4 Å². The third kappa shape index (κ3) is 3.10. The second kappa shape index (κ2) is 5.82. The standard InChI is InChI=1S/C11H9Cl2IN2S/c1-2-3-7-9(14)10(13)16-11(15-7)8-4-6(12)5-17-8/h4-5H,2-3H2,1H3. The van der Waals surface area contributed by atoms with Crippen molar-refractivity contribution in [3.05, 3.63) is 30.9 Å². The molecule has 0 atom stereocenters. The van der Waals surface area contributed by atoms with Gasteiger partial charge in [-0.05, 0) is 35.1 Å². The first-order valence-corrected chi connectivity index (χ1v) is 7.79. The van der Waals surface area contributed by atoms with Crippen molar-refractivity contribution >= 4 is 57.1 Å². The Bertz CT molecular complexity index is 542. The maximum atomic E-state index is 6.12. The minimum absolute atomic E-state index is 0.517. The smallest absolute Gasteiger partial charge is 0.171 e. The van der Waals surface area contributed by atoms with Crippen molar-refractivity contribution in [3.8, 4) is 10.7 Å². The lowest BCUT2D eigenvalue weighted by Crippen LogP contribution is -1.99. The van der Waals surface area contributed by atoms with E-state index in [9.17, 15) is 0 Å². The molecule has 0 aromatic carbocycles. The summed E-state index contributed by atoms with van der Waals surface area (Å²) in [6.45, 7) is 2.12. The fraction of sp³-hybridized carbons (Fsp3) is 0.273.